The highest BCUT2D eigenvalue weighted by Gasteiger charge is 2.32. The van der Waals surface area contributed by atoms with Gasteiger partial charge in [0.05, 0.1) is 12.0 Å². The van der Waals surface area contributed by atoms with E-state index in [0.717, 1.165) is 9.78 Å². The van der Waals surface area contributed by atoms with E-state index in [2.05, 4.69) is 15.4 Å². The van der Waals surface area contributed by atoms with E-state index in [1.165, 1.54) is 11.3 Å². The van der Waals surface area contributed by atoms with Crippen molar-refractivity contribution in [3.8, 4) is 0 Å². The summed E-state index contributed by atoms with van der Waals surface area (Å²) in [5, 5.41) is 9.52. The zero-order chi connectivity index (χ0) is 15.6. The first-order chi connectivity index (χ1) is 9.84. The van der Waals surface area contributed by atoms with Crippen molar-refractivity contribution in [2.75, 3.05) is 30.0 Å². The van der Waals surface area contributed by atoms with Crippen molar-refractivity contribution in [2.24, 2.45) is 5.84 Å². The van der Waals surface area contributed by atoms with Crippen LogP contribution in [0.5, 0.6) is 0 Å². The van der Waals surface area contributed by atoms with Crippen LogP contribution in [0.3, 0.4) is 0 Å². The molecule has 0 amide bonds. The Morgan fingerprint density at radius 2 is 2.14 bits per heavy atom. The highest BCUT2D eigenvalue weighted by Crippen LogP contribution is 2.32. The van der Waals surface area contributed by atoms with Crippen molar-refractivity contribution < 1.29 is 18.3 Å². The number of nitrogens with one attached hydrogen (secondary N) is 1. The second-order valence-corrected chi connectivity index (χ2v) is 5.59. The fourth-order valence-corrected chi connectivity index (χ4v) is 2.80. The summed E-state index contributed by atoms with van der Waals surface area (Å²) in [4.78, 5) is 10.5. The number of alkyl halides is 3. The minimum absolute atomic E-state index is 0.0319. The van der Waals surface area contributed by atoms with Crippen LogP contribution >= 0.6 is 11.3 Å². The minimum atomic E-state index is -4.41. The maximum absolute atomic E-state index is 12.7. The maximum Gasteiger partial charge on any atom is 0.405 e. The summed E-state index contributed by atoms with van der Waals surface area (Å²) in [6.45, 7) is 0.00497. The molecule has 0 fully saturated rings. The zero-order valence-corrected chi connectivity index (χ0v) is 11.9. The Labute approximate surface area is 122 Å². The van der Waals surface area contributed by atoms with Gasteiger partial charge in [-0.1, -0.05) is 0 Å². The normalized spacial score (nSPS) is 11.9. The summed E-state index contributed by atoms with van der Waals surface area (Å²) in [5.41, 5.74) is 2.24. The Hall–Kier alpha value is -1.65. The number of thiophene rings is 1. The molecule has 0 radical (unpaired) electrons. The summed E-state index contributed by atoms with van der Waals surface area (Å²) >= 11 is 1.33. The molecule has 0 saturated carbocycles. The average Bonchev–Trinajstić information content (AvgIpc) is 2.75. The molecule has 0 bridgehead atoms. The fourth-order valence-electron chi connectivity index (χ4n) is 1.93. The van der Waals surface area contributed by atoms with Gasteiger partial charge >= 0.3 is 6.18 Å². The number of hydrogen-bond donors (Lipinski definition) is 3. The van der Waals surface area contributed by atoms with E-state index >= 15 is 0 Å². The summed E-state index contributed by atoms with van der Waals surface area (Å²) in [6.07, 6.45) is -4.41. The molecule has 0 atom stereocenters. The standard InChI is InChI=1S/C11H14F3N5OS/c1-6-4-7-8(16-10(18-15)17-9(7)21-6)19(2-3-20)5-11(12,13)14/h4,20H,2-3,5,15H2,1H3,(H,16,17,18). The van der Waals surface area contributed by atoms with Gasteiger partial charge < -0.3 is 10.0 Å². The van der Waals surface area contributed by atoms with E-state index < -0.39 is 19.3 Å². The van der Waals surface area contributed by atoms with E-state index in [1.807, 2.05) is 6.92 Å². The number of fused-ring (bicyclic) bond motifs is 1. The summed E-state index contributed by atoms with van der Waals surface area (Å²) in [5.74, 6) is 5.39. The molecule has 2 heterocycles. The quantitative estimate of drug-likeness (QED) is 0.573. The minimum Gasteiger partial charge on any atom is -0.395 e. The first-order valence-electron chi connectivity index (χ1n) is 6.01. The molecule has 116 valence electrons. The molecule has 2 aromatic heterocycles. The number of nitrogen functional groups attached to an aromatic ring is 1. The average molecular weight is 321 g/mol. The van der Waals surface area contributed by atoms with Crippen molar-refractivity contribution in [3.63, 3.8) is 0 Å². The Kier molecular flexibility index (Phi) is 4.49. The lowest BCUT2D eigenvalue weighted by Gasteiger charge is -2.24. The molecule has 0 aliphatic carbocycles. The number of hydrogen-bond acceptors (Lipinski definition) is 7. The van der Waals surface area contributed by atoms with Crippen LogP contribution < -0.4 is 16.2 Å². The van der Waals surface area contributed by atoms with Crippen LogP contribution in [0.25, 0.3) is 10.2 Å². The predicted octanol–water partition coefficient (Wildman–Crippen LogP) is 1.65. The van der Waals surface area contributed by atoms with Gasteiger partial charge in [-0.15, -0.1) is 11.3 Å². The van der Waals surface area contributed by atoms with Crippen LogP contribution in [-0.2, 0) is 0 Å². The number of nitrogens with zero attached hydrogens (tertiary/aromatic N) is 3. The molecule has 6 nitrogen and oxygen atoms in total. The molecular weight excluding hydrogens is 307 g/mol. The molecule has 0 unspecified atom stereocenters. The number of anilines is 2. The third kappa shape index (κ3) is 3.71. The van der Waals surface area contributed by atoms with Gasteiger partial charge in [0, 0.05) is 11.4 Å². The van der Waals surface area contributed by atoms with Gasteiger partial charge in [0.2, 0.25) is 5.95 Å². The van der Waals surface area contributed by atoms with Crippen LogP contribution in [0.1, 0.15) is 4.88 Å². The van der Waals surface area contributed by atoms with Gasteiger partial charge in [-0.25, -0.2) is 10.8 Å². The first-order valence-corrected chi connectivity index (χ1v) is 6.83. The van der Waals surface area contributed by atoms with Gasteiger partial charge in [-0.3, -0.25) is 5.43 Å². The van der Waals surface area contributed by atoms with Crippen LogP contribution in [0.2, 0.25) is 0 Å². The molecule has 2 rings (SSSR count). The SMILES string of the molecule is Cc1cc2c(N(CCO)CC(F)(F)F)nc(NN)nc2s1. The van der Waals surface area contributed by atoms with Gasteiger partial charge in [0.1, 0.15) is 17.2 Å². The Bertz CT molecular complexity index is 630. The third-order valence-corrected chi connectivity index (χ3v) is 3.61. The molecular formula is C11H14F3N5OS. The molecule has 0 aromatic carbocycles. The van der Waals surface area contributed by atoms with Gasteiger partial charge in [-0.05, 0) is 13.0 Å². The van der Waals surface area contributed by atoms with Crippen molar-refractivity contribution in [2.45, 2.75) is 13.1 Å². The monoisotopic (exact) mass is 321 g/mol. The molecule has 0 saturated heterocycles. The molecule has 4 N–H and O–H groups in total. The number of rotatable bonds is 5. The van der Waals surface area contributed by atoms with Gasteiger partial charge in [0.15, 0.2) is 0 Å². The maximum atomic E-state index is 12.7. The topological polar surface area (TPSA) is 87.3 Å². The second kappa shape index (κ2) is 6.00. The first kappa shape index (κ1) is 15.7. The van der Waals surface area contributed by atoms with Crippen molar-refractivity contribution >= 4 is 33.3 Å². The van der Waals surface area contributed by atoms with E-state index in [4.69, 9.17) is 10.9 Å². The van der Waals surface area contributed by atoms with Gasteiger partial charge in [0.25, 0.3) is 0 Å². The van der Waals surface area contributed by atoms with Crippen molar-refractivity contribution in [1.82, 2.24) is 9.97 Å². The number of aliphatic hydroxyl groups is 1. The Morgan fingerprint density at radius 3 is 2.71 bits per heavy atom. The molecule has 0 spiro atoms. The number of nitrogens with two attached hydrogens (primary N) is 1. The third-order valence-electron chi connectivity index (χ3n) is 2.66. The molecule has 2 aromatic rings. The van der Waals surface area contributed by atoms with E-state index in [9.17, 15) is 13.2 Å². The highest BCUT2D eigenvalue weighted by molar-refractivity contribution is 7.18. The molecule has 10 heteroatoms. The van der Waals surface area contributed by atoms with Crippen LogP contribution in [0, 0.1) is 6.92 Å². The zero-order valence-electron chi connectivity index (χ0n) is 11.1. The lowest BCUT2D eigenvalue weighted by molar-refractivity contribution is -0.119. The second-order valence-electron chi connectivity index (χ2n) is 4.35. The van der Waals surface area contributed by atoms with Crippen LogP contribution in [0.4, 0.5) is 24.9 Å². The Morgan fingerprint density at radius 1 is 1.43 bits per heavy atom. The number of aliphatic hydroxyl groups excluding tert-OH is 1. The lowest BCUT2D eigenvalue weighted by atomic mass is 10.3. The van der Waals surface area contributed by atoms with E-state index in [-0.39, 0.29) is 18.3 Å². The fraction of sp³-hybridized carbons (Fsp3) is 0.455. The predicted molar refractivity (Wildman–Crippen MR) is 75.3 cm³/mol. The Balaban J connectivity index is 2.54. The summed E-state index contributed by atoms with van der Waals surface area (Å²) < 4.78 is 38.1. The number of aryl methyl sites for hydroxylation is 1. The van der Waals surface area contributed by atoms with Crippen LogP contribution in [-0.4, -0.2) is 40.9 Å². The van der Waals surface area contributed by atoms with Crippen molar-refractivity contribution in [1.29, 1.82) is 0 Å². The van der Waals surface area contributed by atoms with Crippen molar-refractivity contribution in [3.05, 3.63) is 10.9 Å². The number of halogens is 3. The van der Waals surface area contributed by atoms with Crippen LogP contribution in [0.15, 0.2) is 6.07 Å². The highest BCUT2D eigenvalue weighted by atomic mass is 32.1. The van der Waals surface area contributed by atoms with E-state index in [0.29, 0.717) is 10.2 Å². The number of aromatic nitrogens is 2. The molecule has 0 aliphatic heterocycles. The summed E-state index contributed by atoms with van der Waals surface area (Å²) in [6, 6.07) is 1.72. The number of hydrazine groups is 1. The largest absolute Gasteiger partial charge is 0.405 e. The van der Waals surface area contributed by atoms with E-state index in [1.54, 1.807) is 6.07 Å². The summed E-state index contributed by atoms with van der Waals surface area (Å²) in [7, 11) is 0. The molecule has 21 heavy (non-hydrogen) atoms. The smallest absolute Gasteiger partial charge is 0.395 e. The molecule has 0 aliphatic rings. The lowest BCUT2D eigenvalue weighted by Crippen LogP contribution is -2.37. The van der Waals surface area contributed by atoms with Gasteiger partial charge in [-0.2, -0.15) is 18.2 Å².